The van der Waals surface area contributed by atoms with Crippen LogP contribution in [0.2, 0.25) is 0 Å². The van der Waals surface area contributed by atoms with Crippen LogP contribution in [-0.2, 0) is 4.74 Å². The van der Waals surface area contributed by atoms with Gasteiger partial charge in [-0.1, -0.05) is 25.5 Å². The van der Waals surface area contributed by atoms with E-state index in [-0.39, 0.29) is 0 Å². The zero-order valence-corrected chi connectivity index (χ0v) is 12.5. The van der Waals surface area contributed by atoms with Crippen molar-refractivity contribution in [2.45, 2.75) is 40.2 Å². The quantitative estimate of drug-likeness (QED) is 0.732. The van der Waals surface area contributed by atoms with E-state index < -0.39 is 6.10 Å². The lowest BCUT2D eigenvalue weighted by Gasteiger charge is -2.14. The third kappa shape index (κ3) is 6.08. The lowest BCUT2D eigenvalue weighted by Crippen LogP contribution is -2.10. The first kappa shape index (κ1) is 16.0. The first-order valence-electron chi connectivity index (χ1n) is 7.00. The Balaban J connectivity index is 2.37. The molecule has 3 heteroatoms. The van der Waals surface area contributed by atoms with Crippen LogP contribution >= 0.6 is 0 Å². The van der Waals surface area contributed by atoms with Gasteiger partial charge in [0.1, 0.15) is 12.4 Å². The SMILES string of the molecule is Cc1ccc(OCCOCCC(C)C)c(C(C)O)c1. The Morgan fingerprint density at radius 3 is 2.47 bits per heavy atom. The van der Waals surface area contributed by atoms with E-state index in [1.807, 2.05) is 25.1 Å². The number of benzene rings is 1. The van der Waals surface area contributed by atoms with E-state index in [9.17, 15) is 5.11 Å². The molecule has 1 aromatic carbocycles. The average molecular weight is 266 g/mol. The summed E-state index contributed by atoms with van der Waals surface area (Å²) < 4.78 is 11.2. The van der Waals surface area contributed by atoms with Crippen LogP contribution in [0.15, 0.2) is 18.2 Å². The maximum Gasteiger partial charge on any atom is 0.125 e. The molecular formula is C16H26O3. The Morgan fingerprint density at radius 1 is 1.11 bits per heavy atom. The average Bonchev–Trinajstić information content (AvgIpc) is 2.34. The Morgan fingerprint density at radius 2 is 1.84 bits per heavy atom. The highest BCUT2D eigenvalue weighted by atomic mass is 16.5. The maximum atomic E-state index is 9.72. The minimum Gasteiger partial charge on any atom is -0.491 e. The smallest absolute Gasteiger partial charge is 0.125 e. The van der Waals surface area contributed by atoms with Crippen molar-refractivity contribution < 1.29 is 14.6 Å². The molecule has 3 nitrogen and oxygen atoms in total. The van der Waals surface area contributed by atoms with Crippen LogP contribution in [0.1, 0.15) is 44.4 Å². The molecule has 108 valence electrons. The summed E-state index contributed by atoms with van der Waals surface area (Å²) in [5, 5.41) is 9.72. The van der Waals surface area contributed by atoms with Gasteiger partial charge >= 0.3 is 0 Å². The molecule has 0 heterocycles. The number of aliphatic hydroxyl groups excluding tert-OH is 1. The van der Waals surface area contributed by atoms with E-state index in [0.29, 0.717) is 19.1 Å². The molecule has 0 radical (unpaired) electrons. The Kier molecular flexibility index (Phi) is 6.89. The van der Waals surface area contributed by atoms with E-state index in [0.717, 1.165) is 29.9 Å². The number of hydrogen-bond donors (Lipinski definition) is 1. The van der Waals surface area contributed by atoms with Crippen LogP contribution in [0.5, 0.6) is 5.75 Å². The van der Waals surface area contributed by atoms with Crippen LogP contribution in [-0.4, -0.2) is 24.9 Å². The highest BCUT2D eigenvalue weighted by molar-refractivity contribution is 5.38. The van der Waals surface area contributed by atoms with Gasteiger partial charge in [-0.15, -0.1) is 0 Å². The predicted octanol–water partition coefficient (Wildman–Crippen LogP) is 3.49. The third-order valence-corrected chi connectivity index (χ3v) is 2.94. The molecule has 0 spiro atoms. The standard InChI is InChI=1S/C16H26O3/c1-12(2)7-8-18-9-10-19-16-6-5-13(3)11-15(16)14(4)17/h5-6,11-12,14,17H,7-10H2,1-4H3. The molecule has 0 aliphatic carbocycles. The first-order chi connectivity index (χ1) is 9.00. The molecule has 0 aromatic heterocycles. The summed E-state index contributed by atoms with van der Waals surface area (Å²) in [6, 6.07) is 5.85. The summed E-state index contributed by atoms with van der Waals surface area (Å²) in [6.45, 7) is 9.99. The summed E-state index contributed by atoms with van der Waals surface area (Å²) >= 11 is 0. The van der Waals surface area contributed by atoms with Crippen LogP contribution in [0.25, 0.3) is 0 Å². The molecule has 0 fully saturated rings. The first-order valence-corrected chi connectivity index (χ1v) is 7.00. The Hall–Kier alpha value is -1.06. The van der Waals surface area contributed by atoms with Gasteiger partial charge in [0.05, 0.1) is 12.7 Å². The molecule has 1 aromatic rings. The van der Waals surface area contributed by atoms with E-state index in [4.69, 9.17) is 9.47 Å². The Labute approximate surface area is 116 Å². The van der Waals surface area contributed by atoms with Gasteiger partial charge in [0.2, 0.25) is 0 Å². The van der Waals surface area contributed by atoms with Crippen molar-refractivity contribution in [1.82, 2.24) is 0 Å². The van der Waals surface area contributed by atoms with Crippen LogP contribution in [0.4, 0.5) is 0 Å². The minimum absolute atomic E-state index is 0.515. The topological polar surface area (TPSA) is 38.7 Å². The summed E-state index contributed by atoms with van der Waals surface area (Å²) in [5.74, 6) is 1.41. The number of hydrogen-bond acceptors (Lipinski definition) is 3. The molecule has 0 bridgehead atoms. The maximum absolute atomic E-state index is 9.72. The molecule has 1 atom stereocenters. The van der Waals surface area contributed by atoms with Crippen molar-refractivity contribution in [3.05, 3.63) is 29.3 Å². The normalized spacial score (nSPS) is 12.7. The Bertz CT molecular complexity index is 372. The lowest BCUT2D eigenvalue weighted by molar-refractivity contribution is 0.0909. The molecule has 0 amide bonds. The van der Waals surface area contributed by atoms with Gasteiger partial charge in [-0.25, -0.2) is 0 Å². The van der Waals surface area contributed by atoms with Crippen molar-refractivity contribution in [1.29, 1.82) is 0 Å². The van der Waals surface area contributed by atoms with Crippen molar-refractivity contribution in [2.75, 3.05) is 19.8 Å². The summed E-state index contributed by atoms with van der Waals surface area (Å²) in [6.07, 6.45) is 0.556. The van der Waals surface area contributed by atoms with Crippen molar-refractivity contribution >= 4 is 0 Å². The van der Waals surface area contributed by atoms with Crippen LogP contribution in [0.3, 0.4) is 0 Å². The fraction of sp³-hybridized carbons (Fsp3) is 0.625. The number of ether oxygens (including phenoxy) is 2. The minimum atomic E-state index is -0.517. The van der Waals surface area contributed by atoms with Crippen molar-refractivity contribution in [3.8, 4) is 5.75 Å². The second-order valence-electron chi connectivity index (χ2n) is 5.36. The third-order valence-electron chi connectivity index (χ3n) is 2.94. The number of aliphatic hydroxyl groups is 1. The second kappa shape index (κ2) is 8.18. The summed E-state index contributed by atoms with van der Waals surface area (Å²) in [7, 11) is 0. The molecule has 1 unspecified atom stereocenters. The fourth-order valence-corrected chi connectivity index (χ4v) is 1.76. The lowest BCUT2D eigenvalue weighted by atomic mass is 10.1. The van der Waals surface area contributed by atoms with Crippen molar-refractivity contribution in [3.63, 3.8) is 0 Å². The van der Waals surface area contributed by atoms with Gasteiger partial charge < -0.3 is 14.6 Å². The predicted molar refractivity (Wildman–Crippen MR) is 77.6 cm³/mol. The van der Waals surface area contributed by atoms with Crippen LogP contribution < -0.4 is 4.74 Å². The molecule has 1 N–H and O–H groups in total. The number of aryl methyl sites for hydroxylation is 1. The second-order valence-corrected chi connectivity index (χ2v) is 5.36. The molecule has 19 heavy (non-hydrogen) atoms. The van der Waals surface area contributed by atoms with Gasteiger partial charge in [-0.2, -0.15) is 0 Å². The zero-order chi connectivity index (χ0) is 14.3. The highest BCUT2D eigenvalue weighted by Gasteiger charge is 2.09. The van der Waals surface area contributed by atoms with Gasteiger partial charge in [-0.3, -0.25) is 0 Å². The van der Waals surface area contributed by atoms with E-state index >= 15 is 0 Å². The molecule has 1 rings (SSSR count). The summed E-state index contributed by atoms with van der Waals surface area (Å²) in [4.78, 5) is 0. The molecule has 0 aliphatic rings. The highest BCUT2D eigenvalue weighted by Crippen LogP contribution is 2.26. The molecule has 0 saturated heterocycles. The monoisotopic (exact) mass is 266 g/mol. The van der Waals surface area contributed by atoms with Gasteiger partial charge in [0.25, 0.3) is 0 Å². The van der Waals surface area contributed by atoms with E-state index in [1.54, 1.807) is 6.92 Å². The van der Waals surface area contributed by atoms with Gasteiger partial charge in [0.15, 0.2) is 0 Å². The molecule has 0 saturated carbocycles. The van der Waals surface area contributed by atoms with Gasteiger partial charge in [-0.05, 0) is 38.3 Å². The molecule has 0 aliphatic heterocycles. The van der Waals surface area contributed by atoms with Gasteiger partial charge in [0, 0.05) is 12.2 Å². The largest absolute Gasteiger partial charge is 0.491 e. The fourth-order valence-electron chi connectivity index (χ4n) is 1.76. The number of rotatable bonds is 8. The van der Waals surface area contributed by atoms with Crippen molar-refractivity contribution in [2.24, 2.45) is 5.92 Å². The van der Waals surface area contributed by atoms with E-state index in [1.165, 1.54) is 0 Å². The molecular weight excluding hydrogens is 240 g/mol. The summed E-state index contributed by atoms with van der Waals surface area (Å²) in [5.41, 5.74) is 1.96. The zero-order valence-electron chi connectivity index (χ0n) is 12.5. The van der Waals surface area contributed by atoms with Crippen LogP contribution in [0, 0.1) is 12.8 Å². The van der Waals surface area contributed by atoms with E-state index in [2.05, 4.69) is 13.8 Å².